The van der Waals surface area contributed by atoms with Crippen molar-refractivity contribution in [2.45, 2.75) is 19.0 Å². The first-order valence-electron chi connectivity index (χ1n) is 7.85. The van der Waals surface area contributed by atoms with E-state index in [0.717, 1.165) is 6.92 Å². The van der Waals surface area contributed by atoms with E-state index >= 15 is 0 Å². The summed E-state index contributed by atoms with van der Waals surface area (Å²) in [5, 5.41) is 0. The molecule has 0 amide bonds. The molecule has 0 heterocycles. The molecule has 0 saturated heterocycles. The zero-order chi connectivity index (χ0) is 23.0. The first kappa shape index (κ1) is 25.8. The molecule has 0 aliphatic rings. The average Bonchev–Trinajstić information content (AvgIpc) is 2.46. The van der Waals surface area contributed by atoms with E-state index < -0.39 is 52.2 Å². The number of benzene rings is 1. The molecule has 2 atom stereocenters. The Balaban J connectivity index is 3.99. The second-order valence-corrected chi connectivity index (χ2v) is 14.4. The quantitative estimate of drug-likeness (QED) is 0.447. The van der Waals surface area contributed by atoms with Crippen LogP contribution < -0.4 is 4.74 Å². The Morgan fingerprint density at radius 2 is 1.17 bits per heavy atom. The number of nitrogens with zero attached hydrogens (tertiary/aromatic N) is 2. The standard InChI is InChI=1S/C14H24N2O9S4/c1-11(15(26(3,17)18)27(4,19)20)14(12-8-7-9-13(10-12)25-2)16(28(5,21)22)29(6,23)24/h7-11,14H,1-6H3/t11-,14-/m1/s1. The smallest absolute Gasteiger partial charge is 0.224 e. The number of ether oxygens (including phenoxy) is 1. The fourth-order valence-corrected chi connectivity index (χ4v) is 9.82. The number of hydrogen-bond donors (Lipinski definition) is 0. The van der Waals surface area contributed by atoms with Crippen molar-refractivity contribution in [3.8, 4) is 5.75 Å². The predicted molar refractivity (Wildman–Crippen MR) is 108 cm³/mol. The summed E-state index contributed by atoms with van der Waals surface area (Å²) in [7, 11) is -16.5. The van der Waals surface area contributed by atoms with Crippen LogP contribution in [-0.4, -0.2) is 79.3 Å². The topological polar surface area (TPSA) is 152 Å². The molecular formula is C14H24N2O9S4. The minimum atomic E-state index is -4.47. The molecule has 0 aliphatic carbocycles. The van der Waals surface area contributed by atoms with Gasteiger partial charge in [-0.3, -0.25) is 0 Å². The normalized spacial score (nSPS) is 16.0. The highest BCUT2D eigenvalue weighted by molar-refractivity contribution is 8.04. The maximum absolute atomic E-state index is 12.4. The van der Waals surface area contributed by atoms with Crippen molar-refractivity contribution >= 4 is 40.1 Å². The Morgan fingerprint density at radius 1 is 0.759 bits per heavy atom. The molecule has 0 spiro atoms. The molecule has 0 saturated carbocycles. The van der Waals surface area contributed by atoms with Crippen molar-refractivity contribution in [1.29, 1.82) is 0 Å². The van der Waals surface area contributed by atoms with E-state index in [9.17, 15) is 33.7 Å². The lowest BCUT2D eigenvalue weighted by molar-refractivity contribution is 0.315. The van der Waals surface area contributed by atoms with Crippen LogP contribution in [0.4, 0.5) is 0 Å². The van der Waals surface area contributed by atoms with Gasteiger partial charge >= 0.3 is 0 Å². The van der Waals surface area contributed by atoms with Gasteiger partial charge in [-0.05, 0) is 24.6 Å². The van der Waals surface area contributed by atoms with Gasteiger partial charge in [-0.2, -0.15) is 0 Å². The molecule has 29 heavy (non-hydrogen) atoms. The van der Waals surface area contributed by atoms with E-state index in [0.29, 0.717) is 25.0 Å². The predicted octanol–water partition coefficient (Wildman–Crippen LogP) is -0.433. The summed E-state index contributed by atoms with van der Waals surface area (Å²) >= 11 is 0. The molecular weight excluding hydrogens is 468 g/mol. The zero-order valence-corrected chi connectivity index (χ0v) is 19.9. The summed E-state index contributed by atoms with van der Waals surface area (Å²) in [5.74, 6) is 0.229. The molecule has 1 rings (SSSR count). The molecule has 0 aliphatic heterocycles. The van der Waals surface area contributed by atoms with Crippen LogP contribution in [0.3, 0.4) is 0 Å². The third-order valence-electron chi connectivity index (χ3n) is 3.76. The molecule has 0 fully saturated rings. The van der Waals surface area contributed by atoms with E-state index in [-0.39, 0.29) is 18.7 Å². The summed E-state index contributed by atoms with van der Waals surface area (Å²) in [5.41, 5.74) is 0.0185. The number of methoxy groups -OCH3 is 1. The zero-order valence-electron chi connectivity index (χ0n) is 16.7. The molecule has 1 aromatic rings. The van der Waals surface area contributed by atoms with E-state index in [2.05, 4.69) is 0 Å². The fourth-order valence-electron chi connectivity index (χ4n) is 3.03. The summed E-state index contributed by atoms with van der Waals surface area (Å²) < 4.78 is 104. The van der Waals surface area contributed by atoms with Crippen molar-refractivity contribution in [2.24, 2.45) is 0 Å². The van der Waals surface area contributed by atoms with Gasteiger partial charge in [0.05, 0.1) is 44.2 Å². The van der Waals surface area contributed by atoms with Crippen LogP contribution in [0.5, 0.6) is 5.75 Å². The summed E-state index contributed by atoms with van der Waals surface area (Å²) in [6.07, 6.45) is 2.50. The SMILES string of the molecule is COc1cccc([C@@H]([C@@H](C)N(S(C)(=O)=O)S(C)(=O)=O)N(S(C)(=O)=O)S(C)(=O)=O)c1. The second-order valence-electron chi connectivity index (χ2n) is 6.46. The highest BCUT2D eigenvalue weighted by Crippen LogP contribution is 2.35. The Hall–Kier alpha value is -1.26. The van der Waals surface area contributed by atoms with Crippen molar-refractivity contribution < 1.29 is 38.4 Å². The van der Waals surface area contributed by atoms with Gasteiger partial charge < -0.3 is 4.74 Å². The van der Waals surface area contributed by atoms with Crippen LogP contribution in [0, 0.1) is 0 Å². The Labute approximate surface area is 172 Å². The largest absolute Gasteiger partial charge is 0.497 e. The van der Waals surface area contributed by atoms with Crippen molar-refractivity contribution in [2.75, 3.05) is 32.1 Å². The highest BCUT2D eigenvalue weighted by Gasteiger charge is 2.46. The van der Waals surface area contributed by atoms with E-state index in [1.807, 2.05) is 0 Å². The molecule has 0 radical (unpaired) electrons. The second kappa shape index (κ2) is 8.47. The molecule has 0 bridgehead atoms. The summed E-state index contributed by atoms with van der Waals surface area (Å²) in [4.78, 5) is 0. The molecule has 11 nitrogen and oxygen atoms in total. The van der Waals surface area contributed by atoms with Crippen molar-refractivity contribution in [3.63, 3.8) is 0 Å². The van der Waals surface area contributed by atoms with E-state index in [1.165, 1.54) is 31.4 Å². The van der Waals surface area contributed by atoms with Crippen molar-refractivity contribution in [3.05, 3.63) is 29.8 Å². The van der Waals surface area contributed by atoms with Gasteiger partial charge in [-0.15, -0.1) is 0 Å². The lowest BCUT2D eigenvalue weighted by Crippen LogP contribution is -2.51. The third-order valence-corrected chi connectivity index (χ3v) is 10.7. The van der Waals surface area contributed by atoms with Gasteiger partial charge in [-0.25, -0.2) is 33.7 Å². The number of sulfonamides is 4. The van der Waals surface area contributed by atoms with Gasteiger partial charge in [0.1, 0.15) is 5.75 Å². The molecule has 1 aromatic carbocycles. The number of hydrogen-bond acceptors (Lipinski definition) is 9. The Morgan fingerprint density at radius 3 is 1.52 bits per heavy atom. The molecule has 0 N–H and O–H groups in total. The van der Waals surface area contributed by atoms with Crippen LogP contribution in [0.2, 0.25) is 0 Å². The summed E-state index contributed by atoms with van der Waals surface area (Å²) in [6.45, 7) is 1.11. The van der Waals surface area contributed by atoms with Crippen LogP contribution in [0.15, 0.2) is 24.3 Å². The first-order valence-corrected chi connectivity index (χ1v) is 15.2. The maximum atomic E-state index is 12.4. The van der Waals surface area contributed by atoms with Gasteiger partial charge in [0.2, 0.25) is 40.1 Å². The van der Waals surface area contributed by atoms with Crippen LogP contribution in [-0.2, 0) is 40.1 Å². The monoisotopic (exact) mass is 492 g/mol. The Kier molecular flexibility index (Phi) is 7.53. The molecule has 0 aromatic heterocycles. The summed E-state index contributed by atoms with van der Waals surface area (Å²) in [6, 6.07) is 2.21. The first-order chi connectivity index (χ1) is 12.8. The average molecular weight is 493 g/mol. The highest BCUT2D eigenvalue weighted by atomic mass is 32.3. The minimum absolute atomic E-state index is 0.0185. The minimum Gasteiger partial charge on any atom is -0.497 e. The van der Waals surface area contributed by atoms with Crippen LogP contribution >= 0.6 is 0 Å². The van der Waals surface area contributed by atoms with Crippen LogP contribution in [0.25, 0.3) is 0 Å². The van der Waals surface area contributed by atoms with E-state index in [4.69, 9.17) is 4.74 Å². The van der Waals surface area contributed by atoms with Gasteiger partial charge in [0.25, 0.3) is 0 Å². The van der Waals surface area contributed by atoms with Gasteiger partial charge in [0, 0.05) is 0 Å². The van der Waals surface area contributed by atoms with E-state index in [1.54, 1.807) is 0 Å². The van der Waals surface area contributed by atoms with Gasteiger partial charge in [-0.1, -0.05) is 19.6 Å². The molecule has 15 heteroatoms. The molecule has 0 unspecified atom stereocenters. The third kappa shape index (κ3) is 6.36. The fraction of sp³-hybridized carbons (Fsp3) is 0.571. The number of rotatable bonds is 9. The Bertz CT molecular complexity index is 1110. The van der Waals surface area contributed by atoms with Crippen molar-refractivity contribution in [1.82, 2.24) is 7.42 Å². The lowest BCUT2D eigenvalue weighted by atomic mass is 10.0. The lowest BCUT2D eigenvalue weighted by Gasteiger charge is -2.36. The van der Waals surface area contributed by atoms with Gasteiger partial charge in [0.15, 0.2) is 0 Å². The maximum Gasteiger partial charge on any atom is 0.224 e. The molecule has 168 valence electrons. The van der Waals surface area contributed by atoms with Crippen LogP contribution in [0.1, 0.15) is 18.5 Å².